The maximum absolute atomic E-state index is 15.4. The quantitative estimate of drug-likeness (QED) is 0.235. The number of nitrogens with one attached hydrogen (secondary N) is 1. The molecule has 0 aliphatic carbocycles. The smallest absolute Gasteiger partial charge is 0.262 e. The summed E-state index contributed by atoms with van der Waals surface area (Å²) in [6, 6.07) is 23.2. The summed E-state index contributed by atoms with van der Waals surface area (Å²) in [5.74, 6) is 0.977. The van der Waals surface area contributed by atoms with Crippen molar-refractivity contribution in [2.24, 2.45) is 7.05 Å². The van der Waals surface area contributed by atoms with E-state index in [0.717, 1.165) is 17.0 Å². The number of halogens is 1. The lowest BCUT2D eigenvalue weighted by molar-refractivity contribution is 0.414. The maximum atomic E-state index is 15.4. The molecule has 0 spiro atoms. The first-order valence-electron chi connectivity index (χ1n) is 13.2. The fraction of sp³-hybridized carbons (Fsp3) is 0.125. The number of benzene rings is 3. The number of hydrogen-bond acceptors (Lipinski definition) is 7. The molecule has 42 heavy (non-hydrogen) atoms. The average molecular weight is 563 g/mol. The standard InChI is InChI=1S/C32H27FN6O3/c1-20-29-28(15-16-34-30(29)39(37-20)19-21-9-12-24(41-3)13-10-21)42-27-14-11-22(17-26(27)33)25-18-35-32(38(2)31(25)40)36-23-7-5-4-6-8-23/h4-18H,19H2,1-3H3,(H,35,36). The first-order valence-corrected chi connectivity index (χ1v) is 13.2. The van der Waals surface area contributed by atoms with Crippen molar-refractivity contribution < 1.29 is 13.9 Å². The van der Waals surface area contributed by atoms with E-state index in [1.807, 2.05) is 61.5 Å². The van der Waals surface area contributed by atoms with E-state index in [0.29, 0.717) is 40.5 Å². The Morgan fingerprint density at radius 1 is 0.952 bits per heavy atom. The number of para-hydroxylation sites is 1. The van der Waals surface area contributed by atoms with E-state index < -0.39 is 5.82 Å². The van der Waals surface area contributed by atoms with Crippen molar-refractivity contribution in [3.63, 3.8) is 0 Å². The molecule has 210 valence electrons. The van der Waals surface area contributed by atoms with E-state index in [1.54, 1.807) is 37.2 Å². The van der Waals surface area contributed by atoms with Crippen molar-refractivity contribution in [3.05, 3.63) is 119 Å². The monoisotopic (exact) mass is 562 g/mol. The highest BCUT2D eigenvalue weighted by Gasteiger charge is 2.17. The Labute approximate surface area is 240 Å². The number of aryl methyl sites for hydroxylation is 1. The van der Waals surface area contributed by atoms with Gasteiger partial charge in [-0.3, -0.25) is 9.36 Å². The highest BCUT2D eigenvalue weighted by molar-refractivity contribution is 5.85. The summed E-state index contributed by atoms with van der Waals surface area (Å²) in [6.07, 6.45) is 3.05. The van der Waals surface area contributed by atoms with Gasteiger partial charge < -0.3 is 14.8 Å². The van der Waals surface area contributed by atoms with Gasteiger partial charge in [-0.05, 0) is 60.5 Å². The van der Waals surface area contributed by atoms with E-state index in [2.05, 4.69) is 20.4 Å². The van der Waals surface area contributed by atoms with Gasteiger partial charge in [-0.25, -0.2) is 19.0 Å². The molecule has 0 unspecified atom stereocenters. The van der Waals surface area contributed by atoms with Crippen LogP contribution in [-0.4, -0.2) is 31.4 Å². The fourth-order valence-corrected chi connectivity index (χ4v) is 4.73. The zero-order chi connectivity index (χ0) is 29.2. The Morgan fingerprint density at radius 3 is 2.48 bits per heavy atom. The van der Waals surface area contributed by atoms with Gasteiger partial charge >= 0.3 is 0 Å². The van der Waals surface area contributed by atoms with Gasteiger partial charge in [0.15, 0.2) is 17.2 Å². The van der Waals surface area contributed by atoms with Gasteiger partial charge in [0.25, 0.3) is 5.56 Å². The molecule has 9 nitrogen and oxygen atoms in total. The Balaban J connectivity index is 1.26. The van der Waals surface area contributed by atoms with Crippen LogP contribution < -0.4 is 20.3 Å². The lowest BCUT2D eigenvalue weighted by Crippen LogP contribution is -2.22. The van der Waals surface area contributed by atoms with Crippen LogP contribution in [-0.2, 0) is 13.6 Å². The third kappa shape index (κ3) is 5.17. The highest BCUT2D eigenvalue weighted by Crippen LogP contribution is 2.34. The fourth-order valence-electron chi connectivity index (χ4n) is 4.73. The van der Waals surface area contributed by atoms with Crippen LogP contribution in [0.25, 0.3) is 22.2 Å². The van der Waals surface area contributed by atoms with Crippen LogP contribution in [0.5, 0.6) is 17.2 Å². The molecular weight excluding hydrogens is 535 g/mol. The summed E-state index contributed by atoms with van der Waals surface area (Å²) in [7, 11) is 3.24. The number of hydrogen-bond donors (Lipinski definition) is 1. The average Bonchev–Trinajstić information content (AvgIpc) is 3.33. The van der Waals surface area contributed by atoms with Gasteiger partial charge in [-0.2, -0.15) is 5.10 Å². The predicted octanol–water partition coefficient (Wildman–Crippen LogP) is 6.23. The summed E-state index contributed by atoms with van der Waals surface area (Å²) < 4.78 is 29.8. The number of methoxy groups -OCH3 is 1. The molecule has 6 rings (SSSR count). The van der Waals surface area contributed by atoms with Crippen LogP contribution in [0.1, 0.15) is 11.3 Å². The van der Waals surface area contributed by atoms with E-state index in [1.165, 1.54) is 22.9 Å². The zero-order valence-corrected chi connectivity index (χ0v) is 23.2. The predicted molar refractivity (Wildman–Crippen MR) is 159 cm³/mol. The molecule has 0 aliphatic rings. The zero-order valence-electron chi connectivity index (χ0n) is 23.2. The Bertz CT molecular complexity index is 1950. The normalized spacial score (nSPS) is 11.0. The van der Waals surface area contributed by atoms with Crippen molar-refractivity contribution in [1.29, 1.82) is 0 Å². The second-order valence-electron chi connectivity index (χ2n) is 9.70. The third-order valence-corrected chi connectivity index (χ3v) is 6.92. The summed E-state index contributed by atoms with van der Waals surface area (Å²) >= 11 is 0. The summed E-state index contributed by atoms with van der Waals surface area (Å²) in [5, 5.41) is 8.47. The van der Waals surface area contributed by atoms with Crippen LogP contribution >= 0.6 is 0 Å². The third-order valence-electron chi connectivity index (χ3n) is 6.92. The number of anilines is 2. The van der Waals surface area contributed by atoms with Crippen LogP contribution in [0, 0.1) is 12.7 Å². The van der Waals surface area contributed by atoms with Gasteiger partial charge in [0.1, 0.15) is 11.5 Å². The van der Waals surface area contributed by atoms with Crippen molar-refractivity contribution >= 4 is 22.7 Å². The van der Waals surface area contributed by atoms with Crippen LogP contribution in [0.3, 0.4) is 0 Å². The molecule has 0 amide bonds. The number of ether oxygens (including phenoxy) is 2. The number of aromatic nitrogens is 5. The maximum Gasteiger partial charge on any atom is 0.262 e. The van der Waals surface area contributed by atoms with Gasteiger partial charge in [0, 0.05) is 25.1 Å². The lowest BCUT2D eigenvalue weighted by atomic mass is 10.1. The number of pyridine rings is 1. The minimum Gasteiger partial charge on any atom is -0.497 e. The van der Waals surface area contributed by atoms with Crippen molar-refractivity contribution in [2.75, 3.05) is 12.4 Å². The van der Waals surface area contributed by atoms with Gasteiger partial charge in [-0.1, -0.05) is 36.4 Å². The molecule has 0 saturated carbocycles. The van der Waals surface area contributed by atoms with E-state index in [9.17, 15) is 4.79 Å². The molecule has 0 saturated heterocycles. The first kappa shape index (κ1) is 26.7. The van der Waals surface area contributed by atoms with Gasteiger partial charge in [0.05, 0.1) is 30.3 Å². The molecule has 3 aromatic carbocycles. The second-order valence-corrected chi connectivity index (χ2v) is 9.70. The van der Waals surface area contributed by atoms with Crippen LogP contribution in [0.15, 0.2) is 96.1 Å². The molecule has 0 bridgehead atoms. The molecule has 3 heterocycles. The molecule has 0 fully saturated rings. The molecular formula is C32H27FN6O3. The Hall–Kier alpha value is -5.51. The Kier molecular flexibility index (Phi) is 7.10. The topological polar surface area (TPSA) is 96.1 Å². The Morgan fingerprint density at radius 2 is 1.74 bits per heavy atom. The number of rotatable bonds is 8. The SMILES string of the molecule is COc1ccc(Cn2nc(C)c3c(Oc4ccc(-c5cnc(Nc6ccccc6)n(C)c5=O)cc4F)ccnc32)cc1. The second kappa shape index (κ2) is 11.2. The van der Waals surface area contributed by atoms with E-state index in [-0.39, 0.29) is 16.9 Å². The molecule has 0 aliphatic heterocycles. The lowest BCUT2D eigenvalue weighted by Gasteiger charge is -2.12. The van der Waals surface area contributed by atoms with Crippen molar-refractivity contribution in [3.8, 4) is 28.4 Å². The van der Waals surface area contributed by atoms with Crippen molar-refractivity contribution in [2.45, 2.75) is 13.5 Å². The molecule has 1 N–H and O–H groups in total. The van der Waals surface area contributed by atoms with Gasteiger partial charge in [-0.15, -0.1) is 0 Å². The minimum atomic E-state index is -0.616. The van der Waals surface area contributed by atoms with Crippen molar-refractivity contribution in [1.82, 2.24) is 24.3 Å². The summed E-state index contributed by atoms with van der Waals surface area (Å²) in [6.45, 7) is 2.36. The number of nitrogens with zero attached hydrogens (tertiary/aromatic N) is 5. The molecule has 0 atom stereocenters. The van der Waals surface area contributed by atoms with E-state index in [4.69, 9.17) is 9.47 Å². The number of fused-ring (bicyclic) bond motifs is 1. The highest BCUT2D eigenvalue weighted by atomic mass is 19.1. The van der Waals surface area contributed by atoms with E-state index >= 15 is 4.39 Å². The van der Waals surface area contributed by atoms with Crippen LogP contribution in [0.2, 0.25) is 0 Å². The molecule has 6 aromatic rings. The molecule has 0 radical (unpaired) electrons. The summed E-state index contributed by atoms with van der Waals surface area (Å²) in [5.41, 5.74) is 3.50. The largest absolute Gasteiger partial charge is 0.497 e. The molecule has 10 heteroatoms. The summed E-state index contributed by atoms with van der Waals surface area (Å²) in [4.78, 5) is 22.0. The first-order chi connectivity index (χ1) is 20.4. The van der Waals surface area contributed by atoms with Gasteiger partial charge in [0.2, 0.25) is 5.95 Å². The van der Waals surface area contributed by atoms with Crippen LogP contribution in [0.4, 0.5) is 16.0 Å². The minimum absolute atomic E-state index is 0.0145. The molecule has 3 aromatic heterocycles.